The number of carbonyl (C=O) groups is 1. The van der Waals surface area contributed by atoms with Crippen molar-refractivity contribution in [2.75, 3.05) is 32.1 Å². The number of hydrogen-bond acceptors (Lipinski definition) is 5. The van der Waals surface area contributed by atoms with Crippen LogP contribution in [0.4, 0.5) is 10.2 Å². The Bertz CT molecular complexity index is 967. The highest BCUT2D eigenvalue weighted by Crippen LogP contribution is 2.24. The maximum absolute atomic E-state index is 13.8. The zero-order valence-electron chi connectivity index (χ0n) is 14.5. The van der Waals surface area contributed by atoms with Crippen LogP contribution in [0.25, 0.3) is 5.65 Å². The number of imidazole rings is 1. The molecule has 1 fully saturated rings. The van der Waals surface area contributed by atoms with Crippen LogP contribution in [0.5, 0.6) is 5.75 Å². The van der Waals surface area contributed by atoms with Crippen LogP contribution in [0.2, 0.25) is 0 Å². The third kappa shape index (κ3) is 2.73. The van der Waals surface area contributed by atoms with E-state index in [2.05, 4.69) is 15.0 Å². The number of halogens is 1. The molecule has 1 aromatic carbocycles. The fourth-order valence-electron chi connectivity index (χ4n) is 3.03. The Morgan fingerprint density at radius 2 is 2.12 bits per heavy atom. The molecule has 3 aromatic rings. The molecule has 3 heterocycles. The van der Waals surface area contributed by atoms with E-state index in [9.17, 15) is 9.18 Å². The number of nitrogens with zero attached hydrogens (tertiary/aromatic N) is 5. The second-order valence-electron chi connectivity index (χ2n) is 6.25. The number of rotatable bonds is 4. The van der Waals surface area contributed by atoms with E-state index in [1.807, 2.05) is 12.1 Å². The Kier molecular flexibility index (Phi) is 3.95. The van der Waals surface area contributed by atoms with E-state index in [1.54, 1.807) is 34.9 Å². The summed E-state index contributed by atoms with van der Waals surface area (Å²) in [6.45, 7) is 1.35. The summed E-state index contributed by atoms with van der Waals surface area (Å²) in [5.74, 6) is 0.206. The van der Waals surface area contributed by atoms with Crippen molar-refractivity contribution in [1.82, 2.24) is 19.5 Å². The second kappa shape index (κ2) is 6.29. The second-order valence-corrected chi connectivity index (χ2v) is 6.25. The quantitative estimate of drug-likeness (QED) is 0.715. The Morgan fingerprint density at radius 1 is 1.31 bits per heavy atom. The highest BCUT2D eigenvalue weighted by atomic mass is 19.1. The average Bonchev–Trinajstić information content (AvgIpc) is 3.07. The molecule has 2 aromatic heterocycles. The smallest absolute Gasteiger partial charge is 0.254 e. The molecule has 1 amide bonds. The van der Waals surface area contributed by atoms with Crippen molar-refractivity contribution in [3.63, 3.8) is 0 Å². The van der Waals surface area contributed by atoms with Crippen LogP contribution in [0.15, 0.2) is 42.7 Å². The van der Waals surface area contributed by atoms with E-state index >= 15 is 0 Å². The van der Waals surface area contributed by atoms with Gasteiger partial charge in [-0.3, -0.25) is 4.79 Å². The highest BCUT2D eigenvalue weighted by Gasteiger charge is 2.34. The van der Waals surface area contributed by atoms with Gasteiger partial charge in [-0.15, -0.1) is 5.10 Å². The minimum Gasteiger partial charge on any atom is -0.494 e. The summed E-state index contributed by atoms with van der Waals surface area (Å²) in [4.78, 5) is 20.5. The molecule has 1 aliphatic heterocycles. The first kappa shape index (κ1) is 16.3. The van der Waals surface area contributed by atoms with E-state index < -0.39 is 5.82 Å². The van der Waals surface area contributed by atoms with Gasteiger partial charge in [0, 0.05) is 38.1 Å². The van der Waals surface area contributed by atoms with Crippen molar-refractivity contribution >= 4 is 17.4 Å². The van der Waals surface area contributed by atoms with Gasteiger partial charge in [-0.25, -0.2) is 13.9 Å². The topological polar surface area (TPSA) is 63.0 Å². The number of ether oxygens (including phenoxy) is 1. The van der Waals surface area contributed by atoms with E-state index in [0.29, 0.717) is 18.7 Å². The van der Waals surface area contributed by atoms with Crippen molar-refractivity contribution in [1.29, 1.82) is 0 Å². The molecule has 26 heavy (non-hydrogen) atoms. The fourth-order valence-corrected chi connectivity index (χ4v) is 3.03. The van der Waals surface area contributed by atoms with Gasteiger partial charge in [0.2, 0.25) is 0 Å². The molecule has 0 spiro atoms. The lowest BCUT2D eigenvalue weighted by Crippen LogP contribution is -2.60. The lowest BCUT2D eigenvalue weighted by atomic mass is 10.1. The van der Waals surface area contributed by atoms with Crippen molar-refractivity contribution in [3.05, 3.63) is 54.1 Å². The van der Waals surface area contributed by atoms with E-state index in [0.717, 1.165) is 11.5 Å². The Balaban J connectivity index is 1.42. The highest BCUT2D eigenvalue weighted by molar-refractivity contribution is 5.94. The summed E-state index contributed by atoms with van der Waals surface area (Å²) in [5, 5.41) is 4.50. The first-order valence-electron chi connectivity index (χ1n) is 8.23. The molecule has 0 bridgehead atoms. The van der Waals surface area contributed by atoms with Gasteiger partial charge < -0.3 is 14.5 Å². The van der Waals surface area contributed by atoms with Crippen LogP contribution in [-0.2, 0) is 0 Å². The Morgan fingerprint density at radius 3 is 2.85 bits per heavy atom. The molecule has 7 nitrogen and oxygen atoms in total. The third-order valence-corrected chi connectivity index (χ3v) is 4.69. The lowest BCUT2D eigenvalue weighted by Gasteiger charge is -2.44. The van der Waals surface area contributed by atoms with Crippen LogP contribution < -0.4 is 9.64 Å². The van der Waals surface area contributed by atoms with Gasteiger partial charge in [-0.1, -0.05) is 0 Å². The van der Waals surface area contributed by atoms with E-state index in [1.165, 1.54) is 19.2 Å². The summed E-state index contributed by atoms with van der Waals surface area (Å²) in [6, 6.07) is 8.12. The van der Waals surface area contributed by atoms with Gasteiger partial charge in [0.15, 0.2) is 17.2 Å². The van der Waals surface area contributed by atoms with Crippen LogP contribution in [0, 0.1) is 5.82 Å². The Hall–Kier alpha value is -3.16. The van der Waals surface area contributed by atoms with Crippen molar-refractivity contribution in [2.24, 2.45) is 0 Å². The van der Waals surface area contributed by atoms with Gasteiger partial charge in [0.25, 0.3) is 5.91 Å². The number of fused-ring (bicyclic) bond motifs is 1. The number of aromatic nitrogens is 3. The summed E-state index contributed by atoms with van der Waals surface area (Å²) in [7, 11) is 3.13. The van der Waals surface area contributed by atoms with Crippen LogP contribution in [0.3, 0.4) is 0 Å². The molecular weight excluding hydrogens is 337 g/mol. The van der Waals surface area contributed by atoms with Gasteiger partial charge in [-0.05, 0) is 30.3 Å². The average molecular weight is 355 g/mol. The summed E-state index contributed by atoms with van der Waals surface area (Å²) < 4.78 is 20.4. The predicted octanol–water partition coefficient (Wildman–Crippen LogP) is 1.84. The maximum atomic E-state index is 13.8. The number of carbonyl (C=O) groups excluding carboxylic acids is 1. The molecule has 1 aliphatic rings. The first-order chi connectivity index (χ1) is 12.6. The molecule has 0 atom stereocenters. The summed E-state index contributed by atoms with van der Waals surface area (Å²) in [5.41, 5.74) is 1.10. The predicted molar refractivity (Wildman–Crippen MR) is 94.0 cm³/mol. The zero-order valence-corrected chi connectivity index (χ0v) is 14.5. The molecular formula is C18H18FN5O2. The molecule has 4 rings (SSSR count). The molecule has 0 N–H and O–H groups in total. The number of likely N-dealkylation sites (N-methyl/N-ethyl adjacent to an activating group) is 1. The molecule has 8 heteroatoms. The summed E-state index contributed by atoms with van der Waals surface area (Å²) in [6.07, 6.45) is 3.50. The minimum atomic E-state index is -0.542. The number of hydrogen-bond donors (Lipinski definition) is 0. The van der Waals surface area contributed by atoms with Gasteiger partial charge in [0.05, 0.1) is 13.2 Å². The first-order valence-corrected chi connectivity index (χ1v) is 8.23. The van der Waals surface area contributed by atoms with Crippen LogP contribution in [-0.4, -0.2) is 58.7 Å². The van der Waals surface area contributed by atoms with E-state index in [-0.39, 0.29) is 17.7 Å². The molecule has 0 aliphatic carbocycles. The van der Waals surface area contributed by atoms with E-state index in [4.69, 9.17) is 4.74 Å². The SMILES string of the molecule is COc1ccc(C(=O)N(C)C2CN(c3ccc4nccn4n3)C2)cc1F. The normalized spacial score (nSPS) is 14.3. The maximum Gasteiger partial charge on any atom is 0.254 e. The van der Waals surface area contributed by atoms with Gasteiger partial charge in [0.1, 0.15) is 5.82 Å². The monoisotopic (exact) mass is 355 g/mol. The molecule has 0 radical (unpaired) electrons. The zero-order chi connectivity index (χ0) is 18.3. The van der Waals surface area contributed by atoms with Gasteiger partial charge in [-0.2, -0.15) is 0 Å². The van der Waals surface area contributed by atoms with Crippen molar-refractivity contribution in [3.8, 4) is 5.75 Å². The standard InChI is InChI=1S/C18H18FN5O2/c1-22(18(25)12-3-4-15(26-2)14(19)9-12)13-10-23(11-13)17-6-5-16-20-7-8-24(16)21-17/h3-9,13H,10-11H2,1-2H3. The van der Waals surface area contributed by atoms with Crippen molar-refractivity contribution in [2.45, 2.75) is 6.04 Å². The number of methoxy groups -OCH3 is 1. The molecule has 134 valence electrons. The molecule has 0 unspecified atom stereocenters. The van der Waals surface area contributed by atoms with Crippen LogP contribution >= 0.6 is 0 Å². The molecule has 1 saturated heterocycles. The summed E-state index contributed by atoms with van der Waals surface area (Å²) >= 11 is 0. The number of anilines is 1. The largest absolute Gasteiger partial charge is 0.494 e. The number of benzene rings is 1. The lowest BCUT2D eigenvalue weighted by molar-refractivity contribution is 0.0704. The minimum absolute atomic E-state index is 0.0490. The number of amides is 1. The fraction of sp³-hybridized carbons (Fsp3) is 0.278. The third-order valence-electron chi connectivity index (χ3n) is 4.69. The van der Waals surface area contributed by atoms with Gasteiger partial charge >= 0.3 is 0 Å². The van der Waals surface area contributed by atoms with Crippen molar-refractivity contribution < 1.29 is 13.9 Å². The Labute approximate surface area is 149 Å². The van der Waals surface area contributed by atoms with Crippen LogP contribution in [0.1, 0.15) is 10.4 Å². The molecule has 0 saturated carbocycles.